The van der Waals surface area contributed by atoms with Gasteiger partial charge in [0.1, 0.15) is 5.69 Å². The number of rotatable bonds is 5. The van der Waals surface area contributed by atoms with E-state index in [0.717, 1.165) is 24.3 Å². The van der Waals surface area contributed by atoms with Crippen LogP contribution >= 0.6 is 0 Å². The number of aromatic nitrogens is 3. The Morgan fingerprint density at radius 1 is 0.661 bits per heavy atom. The van der Waals surface area contributed by atoms with Crippen molar-refractivity contribution in [2.24, 2.45) is 0 Å². The number of anilines is 3. The van der Waals surface area contributed by atoms with E-state index in [4.69, 9.17) is 10.1 Å². The molecule has 0 unspecified atom stereocenters. The Morgan fingerprint density at radius 2 is 1.32 bits per heavy atom. The molecule has 8 rings (SSSR count). The average molecular weight is 937 g/mol. The van der Waals surface area contributed by atoms with Gasteiger partial charge < -0.3 is 10.0 Å². The monoisotopic (exact) mass is 937 g/mol. The quantitative estimate of drug-likeness (QED) is 0.137. The normalized spacial score (nSPS) is 14.6. The third-order valence-corrected chi connectivity index (χ3v) is 8.90. The summed E-state index contributed by atoms with van der Waals surface area (Å²) in [6, 6.07) is 41.7. The summed E-state index contributed by atoms with van der Waals surface area (Å²) >= 11 is 0. The summed E-state index contributed by atoms with van der Waals surface area (Å²) in [5.41, 5.74) is -0.601. The molecule has 13 heteroatoms. The zero-order valence-electron chi connectivity index (χ0n) is 28.7. The van der Waals surface area contributed by atoms with E-state index in [-0.39, 0.29) is 42.7 Å². The number of carboxylic acids is 1. The van der Waals surface area contributed by atoms with Gasteiger partial charge in [0.2, 0.25) is 0 Å². The van der Waals surface area contributed by atoms with Gasteiger partial charge in [0, 0.05) is 49.6 Å². The van der Waals surface area contributed by atoms with Crippen LogP contribution in [0.15, 0.2) is 152 Å². The largest absolute Gasteiger partial charge is 0.477 e. The fraction of sp³-hybridized carbons (Fsp3) is 0.0698. The molecule has 0 spiro atoms. The van der Waals surface area contributed by atoms with Gasteiger partial charge in [-0.1, -0.05) is 59.8 Å². The topological polar surface area (TPSA) is 79.2 Å². The van der Waals surface area contributed by atoms with E-state index in [1.165, 1.54) is 29.4 Å². The van der Waals surface area contributed by atoms with Crippen LogP contribution in [0.5, 0.6) is 0 Å². The zero-order chi connectivity index (χ0) is 38.8. The number of hydrogen-bond donors (Lipinski definition) is 1. The molecule has 0 fully saturated rings. The molecule has 1 aliphatic rings. The van der Waals surface area contributed by atoms with Crippen LogP contribution in [0.3, 0.4) is 0 Å². The SMILES string of the molecule is FC(F)(F)c1c[c-]c2c(c1)N(c1ccccc1)c1cc(C(F)(F)F)ccc1[C@]2(c1ccccn1)c1cccc(-c2[c-]cccc2)n1.O=C(O)c1ccccn1.[Ir]. The van der Waals surface area contributed by atoms with Crippen molar-refractivity contribution in [1.82, 2.24) is 15.0 Å². The van der Waals surface area contributed by atoms with Crippen molar-refractivity contribution in [3.05, 3.63) is 203 Å². The first-order valence-electron chi connectivity index (χ1n) is 16.6. The van der Waals surface area contributed by atoms with Crippen molar-refractivity contribution in [3.63, 3.8) is 0 Å². The number of hydrogen-bond acceptors (Lipinski definition) is 5. The van der Waals surface area contributed by atoms with Gasteiger partial charge in [-0.2, -0.15) is 38.5 Å². The molecule has 6 nitrogen and oxygen atoms in total. The van der Waals surface area contributed by atoms with Crippen molar-refractivity contribution < 1.29 is 56.3 Å². The van der Waals surface area contributed by atoms with Crippen LogP contribution in [0.25, 0.3) is 11.3 Å². The summed E-state index contributed by atoms with van der Waals surface area (Å²) in [7, 11) is 0. The summed E-state index contributed by atoms with van der Waals surface area (Å²) in [6.07, 6.45) is -6.50. The maximum Gasteiger partial charge on any atom is 0.416 e. The summed E-state index contributed by atoms with van der Waals surface area (Å²) in [5.74, 6) is -0.990. The van der Waals surface area contributed by atoms with E-state index in [1.54, 1.807) is 91.0 Å². The molecule has 3 aromatic heterocycles. The Kier molecular flexibility index (Phi) is 11.2. The molecule has 0 saturated carbocycles. The molecule has 283 valence electrons. The second kappa shape index (κ2) is 15.9. The van der Waals surface area contributed by atoms with E-state index < -0.39 is 34.9 Å². The number of aromatic carboxylic acids is 1. The van der Waals surface area contributed by atoms with Crippen molar-refractivity contribution in [2.45, 2.75) is 17.8 Å². The van der Waals surface area contributed by atoms with Gasteiger partial charge in [0.25, 0.3) is 0 Å². The number of para-hydroxylation sites is 1. The predicted molar refractivity (Wildman–Crippen MR) is 193 cm³/mol. The van der Waals surface area contributed by atoms with Gasteiger partial charge in [0.15, 0.2) is 0 Å². The number of alkyl halides is 6. The number of pyridine rings is 3. The smallest absolute Gasteiger partial charge is 0.416 e. The number of halogens is 6. The first-order valence-corrected chi connectivity index (χ1v) is 16.6. The van der Waals surface area contributed by atoms with Crippen molar-refractivity contribution in [2.75, 3.05) is 4.90 Å². The van der Waals surface area contributed by atoms with Crippen LogP contribution in [0.1, 0.15) is 44.1 Å². The molecule has 0 amide bonds. The van der Waals surface area contributed by atoms with Crippen LogP contribution in [0.2, 0.25) is 0 Å². The van der Waals surface area contributed by atoms with Gasteiger partial charge in [-0.3, -0.25) is 9.97 Å². The molecule has 0 aliphatic carbocycles. The number of carboxylic acid groups (broad SMARTS) is 1. The van der Waals surface area contributed by atoms with Crippen LogP contribution in [-0.2, 0) is 37.9 Å². The van der Waals surface area contributed by atoms with Crippen molar-refractivity contribution in [3.8, 4) is 11.3 Å². The standard InChI is InChI=1S/C37H21F6N3.C6H5NO2.Ir/c38-36(39,40)25-17-19-28-31(22-25)46(27-12-5-2-6-13-27)32-23-26(37(41,42)43)18-20-29(32)35(28,33-15-7-8-21-44-33)34-16-9-14-30(45-34)24-10-3-1-4-11-24;8-6(9)5-3-1-2-4-7-5;/h1-10,12-19,21-23H;1-4H,(H,8,9);/q-2;;/t35-;;/m0../s1. The van der Waals surface area contributed by atoms with Crippen LogP contribution in [0, 0.1) is 12.1 Å². The molecule has 4 aromatic carbocycles. The van der Waals surface area contributed by atoms with Crippen LogP contribution in [0.4, 0.5) is 43.4 Å². The molecule has 4 heterocycles. The van der Waals surface area contributed by atoms with E-state index >= 15 is 0 Å². The third kappa shape index (κ3) is 7.55. The third-order valence-electron chi connectivity index (χ3n) is 8.90. The molecule has 56 heavy (non-hydrogen) atoms. The molecule has 1 atom stereocenters. The minimum atomic E-state index is -4.75. The Balaban J connectivity index is 0.000000470. The molecule has 1 aliphatic heterocycles. The maximum absolute atomic E-state index is 14.3. The summed E-state index contributed by atoms with van der Waals surface area (Å²) in [6.45, 7) is 0. The molecule has 1 radical (unpaired) electrons. The Hall–Kier alpha value is -6.17. The average Bonchev–Trinajstić information content (AvgIpc) is 3.20. The first kappa shape index (κ1) is 39.5. The first-order chi connectivity index (χ1) is 26.4. The van der Waals surface area contributed by atoms with Crippen LogP contribution < -0.4 is 4.90 Å². The maximum atomic E-state index is 14.3. The van der Waals surface area contributed by atoms with Gasteiger partial charge in [0.05, 0.1) is 16.7 Å². The van der Waals surface area contributed by atoms with E-state index in [1.807, 2.05) is 12.1 Å². The summed E-state index contributed by atoms with van der Waals surface area (Å²) in [5, 5.41) is 8.32. The number of carbonyl (C=O) groups is 1. The fourth-order valence-electron chi connectivity index (χ4n) is 6.54. The van der Waals surface area contributed by atoms with Gasteiger partial charge >= 0.3 is 18.3 Å². The van der Waals surface area contributed by atoms with Gasteiger partial charge in [-0.15, -0.1) is 47.5 Å². The molecule has 7 aromatic rings. The second-order valence-corrected chi connectivity index (χ2v) is 12.2. The fourth-order valence-corrected chi connectivity index (χ4v) is 6.54. The second-order valence-electron chi connectivity index (χ2n) is 12.2. The molecular formula is C43H26F6IrN4O2-2. The Labute approximate surface area is 330 Å². The minimum Gasteiger partial charge on any atom is -0.477 e. The summed E-state index contributed by atoms with van der Waals surface area (Å²) < 4.78 is 85.6. The zero-order valence-corrected chi connectivity index (χ0v) is 31.1. The summed E-state index contributed by atoms with van der Waals surface area (Å²) in [4.78, 5) is 24.8. The minimum absolute atomic E-state index is 0. The van der Waals surface area contributed by atoms with E-state index in [0.29, 0.717) is 33.9 Å². The van der Waals surface area contributed by atoms with E-state index in [9.17, 15) is 31.1 Å². The van der Waals surface area contributed by atoms with Crippen LogP contribution in [-0.4, -0.2) is 26.0 Å². The van der Waals surface area contributed by atoms with Crippen molar-refractivity contribution in [1.29, 1.82) is 0 Å². The number of benzene rings is 4. The number of fused-ring (bicyclic) bond motifs is 2. The molecule has 1 N–H and O–H groups in total. The predicted octanol–water partition coefficient (Wildman–Crippen LogP) is 10.7. The molecular weight excluding hydrogens is 911 g/mol. The van der Waals surface area contributed by atoms with E-state index in [2.05, 4.69) is 22.1 Å². The number of nitrogens with zero attached hydrogens (tertiary/aromatic N) is 4. The molecule has 0 saturated heterocycles. The van der Waals surface area contributed by atoms with Gasteiger partial charge in [-0.25, -0.2) is 9.78 Å². The van der Waals surface area contributed by atoms with Crippen molar-refractivity contribution >= 4 is 23.0 Å². The van der Waals surface area contributed by atoms with Gasteiger partial charge in [-0.05, 0) is 65.9 Å². The molecule has 0 bridgehead atoms. The Bertz CT molecular complexity index is 2390. The Morgan fingerprint density at radius 3 is 1.93 bits per heavy atom.